The van der Waals surface area contributed by atoms with Crippen LogP contribution in [-0.4, -0.2) is 43.5 Å². The zero-order valence-electron chi connectivity index (χ0n) is 15.3. The van der Waals surface area contributed by atoms with Crippen LogP contribution in [0.1, 0.15) is 23.2 Å². The summed E-state index contributed by atoms with van der Waals surface area (Å²) in [6.45, 7) is 0.790. The summed E-state index contributed by atoms with van der Waals surface area (Å²) in [5, 5.41) is 2.67. The van der Waals surface area contributed by atoms with E-state index in [1.165, 1.54) is 18.2 Å². The van der Waals surface area contributed by atoms with Crippen molar-refractivity contribution in [2.45, 2.75) is 23.8 Å². The van der Waals surface area contributed by atoms with E-state index in [4.69, 9.17) is 16.3 Å². The molecule has 2 aromatic carbocycles. The number of nitrogens with one attached hydrogen (secondary N) is 3. The van der Waals surface area contributed by atoms with Gasteiger partial charge in [-0.1, -0.05) is 23.7 Å². The normalized spacial score (nSPS) is 16.9. The number of rotatable bonds is 6. The highest BCUT2D eigenvalue weighted by molar-refractivity contribution is 7.89. The lowest BCUT2D eigenvalue weighted by molar-refractivity contribution is 0.102. The van der Waals surface area contributed by atoms with E-state index in [1.54, 1.807) is 0 Å². The Morgan fingerprint density at radius 1 is 1.28 bits per heavy atom. The number of hydrogen-bond donors (Lipinski definition) is 3. The molecule has 4 rings (SSSR count). The molecule has 0 saturated carbocycles. The quantitative estimate of drug-likeness (QED) is 0.552. The van der Waals surface area contributed by atoms with Gasteiger partial charge in [-0.2, -0.15) is 0 Å². The summed E-state index contributed by atoms with van der Waals surface area (Å²) in [4.78, 5) is 19.7. The van der Waals surface area contributed by atoms with Crippen LogP contribution < -0.4 is 10.0 Å². The second-order valence-corrected chi connectivity index (χ2v) is 8.83. The Kier molecular flexibility index (Phi) is 5.55. The minimum Gasteiger partial charge on any atom is -0.377 e. The van der Waals surface area contributed by atoms with Crippen LogP contribution in [0.5, 0.6) is 0 Å². The third-order valence-corrected chi connectivity index (χ3v) is 6.53. The molecule has 1 aromatic heterocycles. The number of anilines is 1. The molecule has 1 aliphatic rings. The molecule has 1 atom stereocenters. The first-order chi connectivity index (χ1) is 13.9. The highest BCUT2D eigenvalue weighted by atomic mass is 35.5. The van der Waals surface area contributed by atoms with Gasteiger partial charge >= 0.3 is 0 Å². The molecule has 0 spiro atoms. The molecular weight excluding hydrogens is 416 g/mol. The van der Waals surface area contributed by atoms with Crippen molar-refractivity contribution < 1.29 is 17.9 Å². The molecule has 8 nitrogen and oxygen atoms in total. The molecule has 152 valence electrons. The minimum atomic E-state index is -3.89. The van der Waals surface area contributed by atoms with E-state index in [-0.39, 0.29) is 34.1 Å². The van der Waals surface area contributed by atoms with Crippen molar-refractivity contribution in [2.24, 2.45) is 0 Å². The first-order valence-electron chi connectivity index (χ1n) is 9.09. The van der Waals surface area contributed by atoms with Crippen LogP contribution in [0.3, 0.4) is 0 Å². The van der Waals surface area contributed by atoms with Crippen molar-refractivity contribution in [2.75, 3.05) is 18.5 Å². The van der Waals surface area contributed by atoms with Crippen LogP contribution >= 0.6 is 11.6 Å². The molecule has 2 heterocycles. The number of sulfonamides is 1. The first-order valence-corrected chi connectivity index (χ1v) is 11.0. The zero-order valence-corrected chi connectivity index (χ0v) is 16.9. The number of carbonyl (C=O) groups is 1. The summed E-state index contributed by atoms with van der Waals surface area (Å²) < 4.78 is 33.3. The first kappa shape index (κ1) is 19.8. The number of imidazole rings is 1. The van der Waals surface area contributed by atoms with E-state index in [2.05, 4.69) is 20.0 Å². The van der Waals surface area contributed by atoms with E-state index in [0.29, 0.717) is 12.1 Å². The van der Waals surface area contributed by atoms with Crippen molar-refractivity contribution in [3.05, 3.63) is 53.1 Å². The molecule has 1 aliphatic heterocycles. The molecule has 1 fully saturated rings. The van der Waals surface area contributed by atoms with Crippen molar-refractivity contribution >= 4 is 44.5 Å². The number of H-pyrrole nitrogens is 1. The monoisotopic (exact) mass is 434 g/mol. The van der Waals surface area contributed by atoms with Gasteiger partial charge < -0.3 is 9.72 Å². The van der Waals surface area contributed by atoms with Gasteiger partial charge in [-0.25, -0.2) is 18.1 Å². The van der Waals surface area contributed by atoms with Crippen LogP contribution in [0.2, 0.25) is 5.02 Å². The van der Waals surface area contributed by atoms with Crippen molar-refractivity contribution in [3.63, 3.8) is 0 Å². The standard InChI is InChI=1S/C19H19ClN4O4S/c20-14-8-7-12(10-17(14)29(26,27)21-11-13-4-3-9-28-13)18(25)24-19-22-15-5-1-2-6-16(15)23-19/h1-2,5-8,10,13,21H,3-4,9,11H2,(H2,22,23,24,25)/t13-/m0/s1. The van der Waals surface area contributed by atoms with Gasteiger partial charge in [-0.05, 0) is 43.2 Å². The van der Waals surface area contributed by atoms with Crippen LogP contribution in [0.25, 0.3) is 11.0 Å². The Bertz CT molecular complexity index is 1120. The van der Waals surface area contributed by atoms with Crippen molar-refractivity contribution in [3.8, 4) is 0 Å². The molecule has 0 radical (unpaired) electrons. The summed E-state index contributed by atoms with van der Waals surface area (Å²) >= 11 is 6.09. The number of hydrogen-bond acceptors (Lipinski definition) is 5. The summed E-state index contributed by atoms with van der Waals surface area (Å²) in [5.74, 6) is -0.233. The van der Waals surface area contributed by atoms with E-state index in [1.807, 2.05) is 24.3 Å². The molecule has 1 amide bonds. The third-order valence-electron chi connectivity index (χ3n) is 4.63. The average Bonchev–Trinajstić information content (AvgIpc) is 3.35. The maximum atomic E-state index is 12.7. The number of carbonyl (C=O) groups excluding carboxylic acids is 1. The van der Waals surface area contributed by atoms with Crippen LogP contribution in [0, 0.1) is 0 Å². The molecule has 0 unspecified atom stereocenters. The van der Waals surface area contributed by atoms with E-state index in [9.17, 15) is 13.2 Å². The molecule has 10 heteroatoms. The molecule has 0 bridgehead atoms. The lowest BCUT2D eigenvalue weighted by atomic mass is 10.2. The molecule has 3 aromatic rings. The molecule has 29 heavy (non-hydrogen) atoms. The fraction of sp³-hybridized carbons (Fsp3) is 0.263. The smallest absolute Gasteiger partial charge is 0.258 e. The van der Waals surface area contributed by atoms with E-state index >= 15 is 0 Å². The lowest BCUT2D eigenvalue weighted by Gasteiger charge is -2.13. The van der Waals surface area contributed by atoms with Gasteiger partial charge in [0.15, 0.2) is 0 Å². The Morgan fingerprint density at radius 3 is 2.86 bits per heavy atom. The van der Waals surface area contributed by atoms with Gasteiger partial charge in [-0.3, -0.25) is 10.1 Å². The Balaban J connectivity index is 1.52. The molecule has 1 saturated heterocycles. The predicted molar refractivity (Wildman–Crippen MR) is 110 cm³/mol. The highest BCUT2D eigenvalue weighted by Gasteiger charge is 2.23. The van der Waals surface area contributed by atoms with Crippen LogP contribution in [0.4, 0.5) is 5.95 Å². The Morgan fingerprint density at radius 2 is 2.10 bits per heavy atom. The Labute approximate surface area is 172 Å². The third kappa shape index (κ3) is 4.43. The lowest BCUT2D eigenvalue weighted by Crippen LogP contribution is -2.32. The minimum absolute atomic E-state index is 0.0325. The number of aromatic amines is 1. The van der Waals surface area contributed by atoms with E-state index < -0.39 is 15.9 Å². The predicted octanol–water partition coefficient (Wildman–Crippen LogP) is 2.93. The second-order valence-electron chi connectivity index (χ2n) is 6.69. The summed E-state index contributed by atoms with van der Waals surface area (Å²) in [5.41, 5.74) is 1.63. The van der Waals surface area contributed by atoms with Crippen LogP contribution in [-0.2, 0) is 14.8 Å². The number of fused-ring (bicyclic) bond motifs is 1. The number of amides is 1. The van der Waals surface area contributed by atoms with Gasteiger partial charge in [-0.15, -0.1) is 0 Å². The number of aromatic nitrogens is 2. The number of ether oxygens (including phenoxy) is 1. The average molecular weight is 435 g/mol. The fourth-order valence-corrected chi connectivity index (χ4v) is 4.72. The summed E-state index contributed by atoms with van der Waals surface area (Å²) in [6.07, 6.45) is 1.56. The number of para-hydroxylation sites is 2. The number of nitrogens with zero attached hydrogens (tertiary/aromatic N) is 1. The molecule has 0 aliphatic carbocycles. The molecule has 3 N–H and O–H groups in total. The maximum absolute atomic E-state index is 12.7. The van der Waals surface area contributed by atoms with Gasteiger partial charge in [0.25, 0.3) is 5.91 Å². The summed E-state index contributed by atoms with van der Waals surface area (Å²) in [7, 11) is -3.89. The van der Waals surface area contributed by atoms with Crippen molar-refractivity contribution in [1.29, 1.82) is 0 Å². The zero-order chi connectivity index (χ0) is 20.4. The number of halogens is 1. The number of benzene rings is 2. The fourth-order valence-electron chi connectivity index (χ4n) is 3.13. The topological polar surface area (TPSA) is 113 Å². The maximum Gasteiger partial charge on any atom is 0.258 e. The molecular formula is C19H19ClN4O4S. The van der Waals surface area contributed by atoms with Gasteiger partial charge in [0, 0.05) is 18.7 Å². The second kappa shape index (κ2) is 8.11. The van der Waals surface area contributed by atoms with Gasteiger partial charge in [0.2, 0.25) is 16.0 Å². The van der Waals surface area contributed by atoms with Crippen molar-refractivity contribution in [1.82, 2.24) is 14.7 Å². The largest absolute Gasteiger partial charge is 0.377 e. The van der Waals surface area contributed by atoms with E-state index in [0.717, 1.165) is 18.4 Å². The SMILES string of the molecule is O=C(Nc1nc2ccccc2[nH]1)c1ccc(Cl)c(S(=O)(=O)NC[C@@H]2CCCO2)c1. The Hall–Kier alpha value is -2.46. The van der Waals surface area contributed by atoms with Crippen LogP contribution in [0.15, 0.2) is 47.4 Å². The highest BCUT2D eigenvalue weighted by Crippen LogP contribution is 2.24. The van der Waals surface area contributed by atoms with Gasteiger partial charge in [0.05, 0.1) is 22.2 Å². The van der Waals surface area contributed by atoms with Gasteiger partial charge in [0.1, 0.15) is 4.90 Å². The summed E-state index contributed by atoms with van der Waals surface area (Å²) in [6, 6.07) is 11.4.